The summed E-state index contributed by atoms with van der Waals surface area (Å²) in [4.78, 5) is 19.1. The number of thiophene rings is 1. The second kappa shape index (κ2) is 9.98. The standard InChI is InChI=1S/C25H29N3O2S/c1-19(26-25(29)20-8-6-11-22(18-20)30-2)24(23-12-7-17-31-23)28-15-13-27(14-16-28)21-9-4-3-5-10-21/h3-12,17-19,24H,13-16H2,1-2H3,(H,26,29)/t19-,24+/m1/s1. The molecule has 0 unspecified atom stereocenters. The predicted octanol–water partition coefficient (Wildman–Crippen LogP) is 4.44. The molecule has 2 aromatic carbocycles. The number of benzene rings is 2. The van der Waals surface area contributed by atoms with Gasteiger partial charge >= 0.3 is 0 Å². The molecule has 1 aliphatic rings. The van der Waals surface area contributed by atoms with Crippen molar-refractivity contribution in [3.05, 3.63) is 82.6 Å². The summed E-state index contributed by atoms with van der Waals surface area (Å²) in [5, 5.41) is 5.34. The Morgan fingerprint density at radius 3 is 2.45 bits per heavy atom. The maximum Gasteiger partial charge on any atom is 0.251 e. The zero-order chi connectivity index (χ0) is 21.6. The number of methoxy groups -OCH3 is 1. The summed E-state index contributed by atoms with van der Waals surface area (Å²) in [5.41, 5.74) is 1.89. The SMILES string of the molecule is COc1cccc(C(=O)N[C@H](C)[C@@H](c2cccs2)N2CCN(c3ccccc3)CC2)c1. The Bertz CT molecular complexity index is 969. The predicted molar refractivity (Wildman–Crippen MR) is 127 cm³/mol. The molecule has 1 saturated heterocycles. The summed E-state index contributed by atoms with van der Waals surface area (Å²) in [6, 6.07) is 22.2. The Labute approximate surface area is 188 Å². The summed E-state index contributed by atoms with van der Waals surface area (Å²) in [6.45, 7) is 5.96. The Kier molecular flexibility index (Phi) is 6.89. The lowest BCUT2D eigenvalue weighted by atomic mass is 10.0. The van der Waals surface area contributed by atoms with E-state index in [9.17, 15) is 4.79 Å². The fourth-order valence-corrected chi connectivity index (χ4v) is 5.20. The summed E-state index contributed by atoms with van der Waals surface area (Å²) in [5.74, 6) is 0.614. The zero-order valence-electron chi connectivity index (χ0n) is 18.0. The molecule has 1 aromatic heterocycles. The van der Waals surface area contributed by atoms with Gasteiger partial charge in [-0.3, -0.25) is 9.69 Å². The van der Waals surface area contributed by atoms with E-state index in [2.05, 4.69) is 69.9 Å². The molecule has 4 rings (SSSR count). The van der Waals surface area contributed by atoms with E-state index in [0.717, 1.165) is 26.2 Å². The first kappa shape index (κ1) is 21.4. The number of hydrogen-bond acceptors (Lipinski definition) is 5. The molecule has 1 amide bonds. The van der Waals surface area contributed by atoms with Crippen LogP contribution in [0.2, 0.25) is 0 Å². The van der Waals surface area contributed by atoms with Gasteiger partial charge in [0.2, 0.25) is 0 Å². The second-order valence-electron chi connectivity index (χ2n) is 7.81. The number of anilines is 1. The number of nitrogens with zero attached hydrogens (tertiary/aromatic N) is 2. The summed E-state index contributed by atoms with van der Waals surface area (Å²) in [6.07, 6.45) is 0. The van der Waals surface area contributed by atoms with Gasteiger partial charge in [-0.2, -0.15) is 0 Å². The van der Waals surface area contributed by atoms with Crippen LogP contribution in [0.25, 0.3) is 0 Å². The molecule has 1 N–H and O–H groups in total. The number of hydrogen-bond donors (Lipinski definition) is 1. The first-order valence-electron chi connectivity index (χ1n) is 10.7. The highest BCUT2D eigenvalue weighted by Crippen LogP contribution is 2.30. The first-order valence-corrected chi connectivity index (χ1v) is 11.6. The number of nitrogens with one attached hydrogen (secondary N) is 1. The minimum Gasteiger partial charge on any atom is -0.497 e. The molecular formula is C25H29N3O2S. The molecule has 0 bridgehead atoms. The lowest BCUT2D eigenvalue weighted by Gasteiger charge is -2.42. The van der Waals surface area contributed by atoms with Crippen molar-refractivity contribution >= 4 is 22.9 Å². The lowest BCUT2D eigenvalue weighted by molar-refractivity contribution is 0.0890. The molecule has 2 heterocycles. The highest BCUT2D eigenvalue weighted by molar-refractivity contribution is 7.10. The fourth-order valence-electron chi connectivity index (χ4n) is 4.23. The molecule has 6 heteroatoms. The Hall–Kier alpha value is -2.83. The maximum absolute atomic E-state index is 12.9. The van der Waals surface area contributed by atoms with Crippen LogP contribution in [0.4, 0.5) is 5.69 Å². The molecule has 5 nitrogen and oxygen atoms in total. The number of ether oxygens (including phenoxy) is 1. The van der Waals surface area contributed by atoms with E-state index in [1.807, 2.05) is 18.2 Å². The third-order valence-corrected chi connectivity index (χ3v) is 6.77. The van der Waals surface area contributed by atoms with Gasteiger partial charge in [0.1, 0.15) is 5.75 Å². The van der Waals surface area contributed by atoms with Crippen LogP contribution in [0, 0.1) is 0 Å². The molecule has 31 heavy (non-hydrogen) atoms. The van der Waals surface area contributed by atoms with Crippen LogP contribution in [0.3, 0.4) is 0 Å². The van der Waals surface area contributed by atoms with Crippen LogP contribution >= 0.6 is 11.3 Å². The summed E-state index contributed by atoms with van der Waals surface area (Å²) >= 11 is 1.75. The van der Waals surface area contributed by atoms with Crippen LogP contribution in [0.5, 0.6) is 5.75 Å². The van der Waals surface area contributed by atoms with Crippen molar-refractivity contribution in [2.75, 3.05) is 38.2 Å². The van der Waals surface area contributed by atoms with Gasteiger partial charge in [0.05, 0.1) is 13.2 Å². The van der Waals surface area contributed by atoms with Gasteiger partial charge in [0.25, 0.3) is 5.91 Å². The first-order chi connectivity index (χ1) is 15.2. The van der Waals surface area contributed by atoms with Crippen LogP contribution in [0.15, 0.2) is 72.1 Å². The molecule has 3 aromatic rings. The van der Waals surface area contributed by atoms with Gasteiger partial charge in [-0.1, -0.05) is 30.3 Å². The molecular weight excluding hydrogens is 406 g/mol. The van der Waals surface area contributed by atoms with Gasteiger partial charge < -0.3 is 15.0 Å². The van der Waals surface area contributed by atoms with Crippen LogP contribution < -0.4 is 15.0 Å². The highest BCUT2D eigenvalue weighted by Gasteiger charge is 2.31. The minimum atomic E-state index is -0.0733. The molecule has 0 saturated carbocycles. The molecule has 162 valence electrons. The van der Waals surface area contributed by atoms with E-state index in [1.165, 1.54) is 10.6 Å². The molecule has 1 aliphatic heterocycles. The van der Waals surface area contributed by atoms with E-state index in [-0.39, 0.29) is 18.0 Å². The number of amides is 1. The van der Waals surface area contributed by atoms with Crippen LogP contribution in [-0.2, 0) is 0 Å². The Morgan fingerprint density at radius 2 is 1.77 bits per heavy atom. The number of rotatable bonds is 7. The van der Waals surface area contributed by atoms with Crippen molar-refractivity contribution in [2.24, 2.45) is 0 Å². The van der Waals surface area contributed by atoms with E-state index in [1.54, 1.807) is 24.5 Å². The molecule has 2 atom stereocenters. The van der Waals surface area contributed by atoms with E-state index in [4.69, 9.17) is 4.74 Å². The molecule has 1 fully saturated rings. The fraction of sp³-hybridized carbons (Fsp3) is 0.320. The van der Waals surface area contributed by atoms with Crippen molar-refractivity contribution in [2.45, 2.75) is 19.0 Å². The number of para-hydroxylation sites is 1. The second-order valence-corrected chi connectivity index (χ2v) is 8.79. The number of carbonyl (C=O) groups excluding carboxylic acids is 1. The van der Waals surface area contributed by atoms with Crippen LogP contribution in [0.1, 0.15) is 28.2 Å². The van der Waals surface area contributed by atoms with Crippen molar-refractivity contribution in [1.82, 2.24) is 10.2 Å². The average molecular weight is 436 g/mol. The van der Waals surface area contributed by atoms with E-state index >= 15 is 0 Å². The molecule has 0 spiro atoms. The van der Waals surface area contributed by atoms with E-state index in [0.29, 0.717) is 11.3 Å². The Balaban J connectivity index is 1.46. The third-order valence-electron chi connectivity index (χ3n) is 5.83. The van der Waals surface area contributed by atoms with Gasteiger partial charge in [-0.05, 0) is 48.7 Å². The largest absolute Gasteiger partial charge is 0.497 e. The highest BCUT2D eigenvalue weighted by atomic mass is 32.1. The van der Waals surface area contributed by atoms with Crippen molar-refractivity contribution in [3.8, 4) is 5.75 Å². The average Bonchev–Trinajstić information content (AvgIpc) is 3.34. The van der Waals surface area contributed by atoms with Crippen molar-refractivity contribution < 1.29 is 9.53 Å². The lowest BCUT2D eigenvalue weighted by Crippen LogP contribution is -2.52. The van der Waals surface area contributed by atoms with Gasteiger partial charge in [-0.25, -0.2) is 0 Å². The van der Waals surface area contributed by atoms with Crippen LogP contribution in [-0.4, -0.2) is 50.1 Å². The van der Waals surface area contributed by atoms with Gasteiger partial charge in [-0.15, -0.1) is 11.3 Å². The van der Waals surface area contributed by atoms with Gasteiger partial charge in [0.15, 0.2) is 0 Å². The molecule has 0 radical (unpaired) electrons. The quantitative estimate of drug-likeness (QED) is 0.596. The summed E-state index contributed by atoms with van der Waals surface area (Å²) < 4.78 is 5.27. The third kappa shape index (κ3) is 5.09. The topological polar surface area (TPSA) is 44.8 Å². The normalized spacial score (nSPS) is 16.5. The van der Waals surface area contributed by atoms with E-state index < -0.39 is 0 Å². The van der Waals surface area contributed by atoms with Gasteiger partial charge in [0, 0.05) is 48.3 Å². The number of piperazine rings is 1. The monoisotopic (exact) mass is 435 g/mol. The molecule has 0 aliphatic carbocycles. The summed E-state index contributed by atoms with van der Waals surface area (Å²) in [7, 11) is 1.61. The van der Waals surface area contributed by atoms with Crippen molar-refractivity contribution in [1.29, 1.82) is 0 Å². The number of carbonyl (C=O) groups is 1. The van der Waals surface area contributed by atoms with Crippen molar-refractivity contribution in [3.63, 3.8) is 0 Å². The smallest absolute Gasteiger partial charge is 0.251 e. The Morgan fingerprint density at radius 1 is 1.00 bits per heavy atom. The minimum absolute atomic E-state index is 0.0272. The zero-order valence-corrected chi connectivity index (χ0v) is 18.8. The maximum atomic E-state index is 12.9.